The lowest BCUT2D eigenvalue weighted by molar-refractivity contribution is -0.131. The van der Waals surface area contributed by atoms with Crippen molar-refractivity contribution < 1.29 is 19.1 Å². The molecular weight excluding hydrogens is 296 g/mol. The largest absolute Gasteiger partial charge is 0.497 e. The second-order valence-electron chi connectivity index (χ2n) is 4.59. The van der Waals surface area contributed by atoms with Crippen LogP contribution in [0.3, 0.4) is 0 Å². The van der Waals surface area contributed by atoms with Crippen LogP contribution in [0, 0.1) is 0 Å². The summed E-state index contributed by atoms with van der Waals surface area (Å²) >= 11 is 0. The van der Waals surface area contributed by atoms with Gasteiger partial charge in [-0.3, -0.25) is 9.59 Å². The molecule has 0 aromatic heterocycles. The van der Waals surface area contributed by atoms with E-state index in [1.807, 2.05) is 0 Å². The normalized spacial score (nSPS) is 10.3. The minimum atomic E-state index is -0.378. The molecule has 0 aliphatic heterocycles. The molecule has 23 heavy (non-hydrogen) atoms. The van der Waals surface area contributed by atoms with Crippen LogP contribution in [0.4, 0.5) is 0 Å². The Morgan fingerprint density at radius 1 is 1.09 bits per heavy atom. The molecule has 0 saturated carbocycles. The number of hydrogen-bond acceptors (Lipinski definition) is 5. The lowest BCUT2D eigenvalue weighted by Crippen LogP contribution is -2.17. The van der Waals surface area contributed by atoms with Crippen LogP contribution in [0.1, 0.15) is 22.8 Å². The van der Waals surface area contributed by atoms with Crippen LogP contribution < -0.4 is 14.9 Å². The Bertz CT molecular complexity index is 724. The number of rotatable bonds is 5. The van der Waals surface area contributed by atoms with Gasteiger partial charge in [0, 0.05) is 12.5 Å². The summed E-state index contributed by atoms with van der Waals surface area (Å²) in [6.45, 7) is 1.34. The molecule has 6 heteroatoms. The topological polar surface area (TPSA) is 77.0 Å². The molecule has 0 radical (unpaired) electrons. The van der Waals surface area contributed by atoms with Crippen LogP contribution in [0.15, 0.2) is 53.6 Å². The zero-order chi connectivity index (χ0) is 16.7. The van der Waals surface area contributed by atoms with E-state index in [1.165, 1.54) is 20.2 Å². The van der Waals surface area contributed by atoms with E-state index in [1.54, 1.807) is 48.5 Å². The number of hydrazone groups is 1. The summed E-state index contributed by atoms with van der Waals surface area (Å²) in [6, 6.07) is 13.5. The third-order valence-electron chi connectivity index (χ3n) is 2.85. The molecule has 0 saturated heterocycles. The number of ether oxygens (including phenoxy) is 2. The van der Waals surface area contributed by atoms with E-state index in [-0.39, 0.29) is 11.9 Å². The molecule has 2 rings (SSSR count). The van der Waals surface area contributed by atoms with Crippen LogP contribution in [0.2, 0.25) is 0 Å². The van der Waals surface area contributed by atoms with Crippen molar-refractivity contribution in [3.63, 3.8) is 0 Å². The van der Waals surface area contributed by atoms with Gasteiger partial charge in [0.2, 0.25) is 0 Å². The molecule has 0 fully saturated rings. The first kappa shape index (κ1) is 16.2. The van der Waals surface area contributed by atoms with Crippen molar-refractivity contribution in [2.75, 3.05) is 7.11 Å². The van der Waals surface area contributed by atoms with Crippen molar-refractivity contribution in [3.05, 3.63) is 59.7 Å². The minimum Gasteiger partial charge on any atom is -0.497 e. The van der Waals surface area contributed by atoms with Gasteiger partial charge in [0.1, 0.15) is 11.5 Å². The molecule has 2 aromatic rings. The highest BCUT2D eigenvalue weighted by atomic mass is 16.5. The van der Waals surface area contributed by atoms with Crippen LogP contribution in [0.5, 0.6) is 11.5 Å². The minimum absolute atomic E-state index is 0.336. The molecule has 118 valence electrons. The van der Waals surface area contributed by atoms with Gasteiger partial charge in [-0.2, -0.15) is 5.10 Å². The van der Waals surface area contributed by atoms with Gasteiger partial charge < -0.3 is 9.47 Å². The number of nitrogens with zero attached hydrogens (tertiary/aromatic N) is 1. The van der Waals surface area contributed by atoms with E-state index >= 15 is 0 Å². The van der Waals surface area contributed by atoms with Gasteiger partial charge in [0.05, 0.1) is 13.3 Å². The first-order valence-corrected chi connectivity index (χ1v) is 6.84. The average Bonchev–Trinajstić information content (AvgIpc) is 2.56. The number of carbonyl (C=O) groups excluding carboxylic acids is 2. The van der Waals surface area contributed by atoms with Crippen molar-refractivity contribution in [2.45, 2.75) is 6.92 Å². The smallest absolute Gasteiger partial charge is 0.308 e. The van der Waals surface area contributed by atoms with Gasteiger partial charge in [-0.15, -0.1) is 0 Å². The predicted octanol–water partition coefficient (Wildman–Crippen LogP) is 2.38. The molecule has 2 aromatic carbocycles. The van der Waals surface area contributed by atoms with Gasteiger partial charge in [-0.1, -0.05) is 6.07 Å². The standard InChI is InChI=1S/C17H16N2O4/c1-12(20)23-15-8-6-13(7-9-15)11-18-19-17(21)14-4-3-5-16(10-14)22-2/h3-11H,1-2H3,(H,19,21)/b18-11-. The summed E-state index contributed by atoms with van der Waals surface area (Å²) < 4.78 is 9.99. The SMILES string of the molecule is COc1cccc(C(=O)N/N=C\c2ccc(OC(C)=O)cc2)c1. The molecule has 0 unspecified atom stereocenters. The highest BCUT2D eigenvalue weighted by Gasteiger charge is 2.05. The van der Waals surface area contributed by atoms with E-state index < -0.39 is 0 Å². The maximum atomic E-state index is 11.9. The van der Waals surface area contributed by atoms with Crippen LogP contribution >= 0.6 is 0 Å². The molecule has 1 amide bonds. The van der Waals surface area contributed by atoms with E-state index in [0.717, 1.165) is 5.56 Å². The molecular formula is C17H16N2O4. The second-order valence-corrected chi connectivity index (χ2v) is 4.59. The third kappa shape index (κ3) is 4.96. The molecule has 0 aliphatic carbocycles. The first-order chi connectivity index (χ1) is 11.1. The summed E-state index contributed by atoms with van der Waals surface area (Å²) in [4.78, 5) is 22.8. The molecule has 0 spiro atoms. The summed E-state index contributed by atoms with van der Waals surface area (Å²) in [5, 5.41) is 3.89. The third-order valence-corrected chi connectivity index (χ3v) is 2.85. The zero-order valence-electron chi connectivity index (χ0n) is 12.8. The van der Waals surface area contributed by atoms with Crippen molar-refractivity contribution in [1.82, 2.24) is 5.43 Å². The summed E-state index contributed by atoms with van der Waals surface area (Å²) in [7, 11) is 1.54. The van der Waals surface area contributed by atoms with Crippen LogP contribution in [-0.4, -0.2) is 25.2 Å². The Morgan fingerprint density at radius 3 is 2.48 bits per heavy atom. The zero-order valence-corrected chi connectivity index (χ0v) is 12.8. The number of methoxy groups -OCH3 is 1. The molecule has 6 nitrogen and oxygen atoms in total. The monoisotopic (exact) mass is 312 g/mol. The first-order valence-electron chi connectivity index (χ1n) is 6.84. The van der Waals surface area contributed by atoms with Gasteiger partial charge in [0.25, 0.3) is 5.91 Å². The quantitative estimate of drug-likeness (QED) is 0.398. The van der Waals surface area contributed by atoms with Crippen molar-refractivity contribution >= 4 is 18.1 Å². The Balaban J connectivity index is 1.95. The number of amides is 1. The maximum absolute atomic E-state index is 11.9. The Kier molecular flexibility index (Phi) is 5.46. The van der Waals surface area contributed by atoms with Gasteiger partial charge in [0.15, 0.2) is 0 Å². The molecule has 0 heterocycles. The average molecular weight is 312 g/mol. The van der Waals surface area contributed by atoms with Gasteiger partial charge in [-0.25, -0.2) is 5.43 Å². The second kappa shape index (κ2) is 7.74. The van der Waals surface area contributed by atoms with Gasteiger partial charge >= 0.3 is 5.97 Å². The van der Waals surface area contributed by atoms with Gasteiger partial charge in [-0.05, 0) is 48.0 Å². The Hall–Kier alpha value is -3.15. The molecule has 0 aliphatic rings. The molecule has 0 atom stereocenters. The fourth-order valence-electron chi connectivity index (χ4n) is 1.78. The Labute approximate surface area is 133 Å². The highest BCUT2D eigenvalue weighted by Crippen LogP contribution is 2.13. The lowest BCUT2D eigenvalue weighted by atomic mass is 10.2. The van der Waals surface area contributed by atoms with E-state index in [0.29, 0.717) is 17.1 Å². The number of nitrogens with one attached hydrogen (secondary N) is 1. The maximum Gasteiger partial charge on any atom is 0.308 e. The number of hydrogen-bond donors (Lipinski definition) is 1. The number of esters is 1. The lowest BCUT2D eigenvalue weighted by Gasteiger charge is -2.03. The molecule has 0 bridgehead atoms. The molecule has 1 N–H and O–H groups in total. The van der Waals surface area contributed by atoms with E-state index in [4.69, 9.17) is 9.47 Å². The highest BCUT2D eigenvalue weighted by molar-refractivity contribution is 5.95. The van der Waals surface area contributed by atoms with E-state index in [2.05, 4.69) is 10.5 Å². The van der Waals surface area contributed by atoms with E-state index in [9.17, 15) is 9.59 Å². The van der Waals surface area contributed by atoms with Crippen molar-refractivity contribution in [1.29, 1.82) is 0 Å². The number of carbonyl (C=O) groups is 2. The predicted molar refractivity (Wildman–Crippen MR) is 85.8 cm³/mol. The fraction of sp³-hybridized carbons (Fsp3) is 0.118. The summed E-state index contributed by atoms with van der Waals surface area (Å²) in [5.74, 6) is 0.339. The number of benzene rings is 2. The fourth-order valence-corrected chi connectivity index (χ4v) is 1.78. The summed E-state index contributed by atoms with van der Waals surface area (Å²) in [6.07, 6.45) is 1.50. The summed E-state index contributed by atoms with van der Waals surface area (Å²) in [5.41, 5.74) is 3.64. The Morgan fingerprint density at radius 2 is 1.83 bits per heavy atom. The van der Waals surface area contributed by atoms with Crippen molar-refractivity contribution in [3.8, 4) is 11.5 Å². The van der Waals surface area contributed by atoms with Crippen LogP contribution in [0.25, 0.3) is 0 Å². The van der Waals surface area contributed by atoms with Crippen molar-refractivity contribution in [2.24, 2.45) is 5.10 Å². The van der Waals surface area contributed by atoms with Crippen LogP contribution in [-0.2, 0) is 4.79 Å².